The molecular weight excluding hydrogens is 718 g/mol. The Labute approximate surface area is 238 Å². The van der Waals surface area contributed by atoms with E-state index >= 15 is 0 Å². The van der Waals surface area contributed by atoms with E-state index in [-0.39, 0.29) is 18.0 Å². The molecule has 1 aromatic carbocycles. The SMILES string of the molecule is COC1=C(Br)[C@H](O)[C@@]2(C=C1Br)CC(C(=O)NCCc1cc(Br)c(OCCCN(C)C)c(Br)c1)=NO2. The van der Waals surface area contributed by atoms with Crippen LogP contribution in [-0.4, -0.2) is 74.2 Å². The molecule has 192 valence electrons. The molecule has 3 rings (SSSR count). The van der Waals surface area contributed by atoms with Crippen LogP contribution in [0.25, 0.3) is 0 Å². The van der Waals surface area contributed by atoms with Crippen LogP contribution in [0, 0.1) is 0 Å². The highest BCUT2D eigenvalue weighted by Crippen LogP contribution is 2.44. The molecule has 1 aromatic rings. The maximum atomic E-state index is 12.7. The predicted molar refractivity (Wildman–Crippen MR) is 149 cm³/mol. The van der Waals surface area contributed by atoms with Crippen molar-refractivity contribution < 1.29 is 24.2 Å². The summed E-state index contributed by atoms with van der Waals surface area (Å²) in [6.07, 6.45) is 2.27. The lowest BCUT2D eigenvalue weighted by molar-refractivity contribution is -0.114. The highest BCUT2D eigenvalue weighted by atomic mass is 79.9. The molecule has 1 amide bonds. The Morgan fingerprint density at radius 2 is 1.97 bits per heavy atom. The number of allylic oxidation sites excluding steroid dienone is 1. The third-order valence-electron chi connectivity index (χ3n) is 5.50. The van der Waals surface area contributed by atoms with Crippen LogP contribution in [0.1, 0.15) is 18.4 Å². The average Bonchev–Trinajstić information content (AvgIpc) is 3.21. The summed E-state index contributed by atoms with van der Waals surface area (Å²) in [6.45, 7) is 1.99. The molecule has 1 heterocycles. The molecule has 2 N–H and O–H groups in total. The molecule has 12 heteroatoms. The van der Waals surface area contributed by atoms with Gasteiger partial charge in [0.1, 0.15) is 23.3 Å². The van der Waals surface area contributed by atoms with Crippen molar-refractivity contribution >= 4 is 75.3 Å². The second-order valence-electron chi connectivity index (χ2n) is 8.44. The molecule has 1 spiro atoms. The Morgan fingerprint density at radius 3 is 2.60 bits per heavy atom. The molecule has 1 aliphatic heterocycles. The third-order valence-corrected chi connectivity index (χ3v) is 8.06. The number of nitrogens with one attached hydrogen (secondary N) is 1. The number of amides is 1. The number of oxime groups is 1. The van der Waals surface area contributed by atoms with Crippen LogP contribution in [0.5, 0.6) is 5.75 Å². The van der Waals surface area contributed by atoms with Gasteiger partial charge in [0.15, 0.2) is 5.60 Å². The molecule has 0 radical (unpaired) electrons. The van der Waals surface area contributed by atoms with Crippen molar-refractivity contribution in [2.24, 2.45) is 5.16 Å². The van der Waals surface area contributed by atoms with Crippen LogP contribution in [0.2, 0.25) is 0 Å². The molecular formula is C23H27Br4N3O5. The molecule has 0 unspecified atom stereocenters. The zero-order valence-corrected chi connectivity index (χ0v) is 25.9. The van der Waals surface area contributed by atoms with E-state index in [0.717, 1.165) is 33.2 Å². The lowest BCUT2D eigenvalue weighted by Gasteiger charge is -2.33. The number of carbonyl (C=O) groups excluding carboxylic acids is 1. The van der Waals surface area contributed by atoms with E-state index in [2.05, 4.69) is 79.1 Å². The fourth-order valence-corrected chi connectivity index (χ4v) is 6.99. The number of hydrogen-bond acceptors (Lipinski definition) is 7. The number of aliphatic hydroxyl groups is 1. The number of rotatable bonds is 10. The first-order chi connectivity index (χ1) is 16.6. The molecule has 0 fully saturated rings. The maximum absolute atomic E-state index is 12.7. The predicted octanol–water partition coefficient (Wildman–Crippen LogP) is 4.62. The van der Waals surface area contributed by atoms with Crippen molar-refractivity contribution in [3.8, 4) is 5.75 Å². The van der Waals surface area contributed by atoms with Crippen molar-refractivity contribution in [1.82, 2.24) is 10.2 Å². The van der Waals surface area contributed by atoms with E-state index in [4.69, 9.17) is 14.3 Å². The van der Waals surface area contributed by atoms with Crippen LogP contribution < -0.4 is 10.1 Å². The van der Waals surface area contributed by atoms with Crippen LogP contribution in [0.3, 0.4) is 0 Å². The number of methoxy groups -OCH3 is 1. The number of carbonyl (C=O) groups is 1. The molecule has 0 aromatic heterocycles. The molecule has 2 atom stereocenters. The summed E-state index contributed by atoms with van der Waals surface area (Å²) in [7, 11) is 5.57. The summed E-state index contributed by atoms with van der Waals surface area (Å²) >= 11 is 13.9. The number of halogens is 4. The number of ether oxygens (including phenoxy) is 2. The van der Waals surface area contributed by atoms with E-state index in [1.54, 1.807) is 6.08 Å². The molecule has 1 aliphatic carbocycles. The lowest BCUT2D eigenvalue weighted by atomic mass is 9.87. The largest absolute Gasteiger partial charge is 0.495 e. The van der Waals surface area contributed by atoms with Gasteiger partial charge in [0.2, 0.25) is 0 Å². The summed E-state index contributed by atoms with van der Waals surface area (Å²) in [5, 5.41) is 17.6. The minimum absolute atomic E-state index is 0.123. The Morgan fingerprint density at radius 1 is 1.29 bits per heavy atom. The Bertz CT molecular complexity index is 1040. The number of aliphatic hydroxyl groups excluding tert-OH is 1. The normalized spacial score (nSPS) is 21.7. The monoisotopic (exact) mass is 741 g/mol. The van der Waals surface area contributed by atoms with Gasteiger partial charge in [0, 0.05) is 19.5 Å². The number of nitrogens with zero attached hydrogens (tertiary/aromatic N) is 2. The summed E-state index contributed by atoms with van der Waals surface area (Å²) < 4.78 is 13.9. The Kier molecular flexibility index (Phi) is 10.3. The second-order valence-corrected chi connectivity index (χ2v) is 11.9. The van der Waals surface area contributed by atoms with Gasteiger partial charge < -0.3 is 29.6 Å². The van der Waals surface area contributed by atoms with Gasteiger partial charge in [-0.25, -0.2) is 0 Å². The van der Waals surface area contributed by atoms with Gasteiger partial charge in [-0.15, -0.1) is 0 Å². The molecule has 0 bridgehead atoms. The number of benzene rings is 1. The quantitative estimate of drug-likeness (QED) is 0.340. The van der Waals surface area contributed by atoms with Gasteiger partial charge in [0.05, 0.1) is 31.6 Å². The van der Waals surface area contributed by atoms with E-state index in [1.165, 1.54) is 7.11 Å². The summed E-state index contributed by atoms with van der Waals surface area (Å²) in [4.78, 5) is 20.4. The number of hydrogen-bond donors (Lipinski definition) is 2. The van der Waals surface area contributed by atoms with Crippen molar-refractivity contribution in [3.63, 3.8) is 0 Å². The molecule has 0 saturated carbocycles. The summed E-state index contributed by atoms with van der Waals surface area (Å²) in [6, 6.07) is 3.97. The summed E-state index contributed by atoms with van der Waals surface area (Å²) in [5.74, 6) is 0.892. The smallest absolute Gasteiger partial charge is 0.269 e. The highest BCUT2D eigenvalue weighted by molar-refractivity contribution is 9.12. The summed E-state index contributed by atoms with van der Waals surface area (Å²) in [5.41, 5.74) is 0.0666. The first kappa shape index (κ1) is 28.6. The van der Waals surface area contributed by atoms with Crippen LogP contribution in [-0.2, 0) is 20.8 Å². The van der Waals surface area contributed by atoms with Crippen molar-refractivity contribution in [2.75, 3.05) is 40.9 Å². The second kappa shape index (κ2) is 12.6. The highest BCUT2D eigenvalue weighted by Gasteiger charge is 2.50. The zero-order chi connectivity index (χ0) is 25.8. The van der Waals surface area contributed by atoms with E-state index in [0.29, 0.717) is 34.3 Å². The van der Waals surface area contributed by atoms with Gasteiger partial charge >= 0.3 is 0 Å². The molecule has 0 saturated heterocycles. The van der Waals surface area contributed by atoms with E-state index < -0.39 is 11.7 Å². The van der Waals surface area contributed by atoms with Crippen molar-refractivity contribution in [1.29, 1.82) is 0 Å². The standard InChI is InChI=1S/C23H27Br4N3O5/c1-30(2)7-4-8-34-19-14(24)9-13(10-15(19)25)5-6-28-22(32)17-12-23(35-29-17)11-16(26)20(33-3)18(27)21(23)31/h9-11,21,31H,4-8,12H2,1-3H3,(H,28,32)/t21-,23+/m0/s1. The van der Waals surface area contributed by atoms with Crippen LogP contribution in [0.15, 0.2) is 47.0 Å². The van der Waals surface area contributed by atoms with Crippen LogP contribution >= 0.6 is 63.7 Å². The first-order valence-corrected chi connectivity index (χ1v) is 14.0. The van der Waals surface area contributed by atoms with Crippen molar-refractivity contribution in [3.05, 3.63) is 47.4 Å². The third kappa shape index (κ3) is 6.89. The van der Waals surface area contributed by atoms with Gasteiger partial charge in [-0.2, -0.15) is 0 Å². The van der Waals surface area contributed by atoms with Gasteiger partial charge in [-0.1, -0.05) is 5.16 Å². The minimum atomic E-state index is -1.18. The first-order valence-electron chi connectivity index (χ1n) is 10.9. The minimum Gasteiger partial charge on any atom is -0.495 e. The lowest BCUT2D eigenvalue weighted by Crippen LogP contribution is -2.45. The zero-order valence-electron chi connectivity index (χ0n) is 19.5. The Balaban J connectivity index is 1.53. The molecule has 35 heavy (non-hydrogen) atoms. The topological polar surface area (TPSA) is 92.6 Å². The average molecular weight is 745 g/mol. The van der Waals surface area contributed by atoms with Crippen LogP contribution in [0.4, 0.5) is 0 Å². The van der Waals surface area contributed by atoms with E-state index in [9.17, 15) is 9.90 Å². The van der Waals surface area contributed by atoms with Gasteiger partial charge in [0.25, 0.3) is 5.91 Å². The Hall–Kier alpha value is -0.920. The fraction of sp³-hybridized carbons (Fsp3) is 0.478. The molecule has 8 nitrogen and oxygen atoms in total. The maximum Gasteiger partial charge on any atom is 0.269 e. The van der Waals surface area contributed by atoms with Crippen molar-refractivity contribution in [2.45, 2.75) is 31.0 Å². The van der Waals surface area contributed by atoms with Gasteiger partial charge in [-0.3, -0.25) is 4.79 Å². The van der Waals surface area contributed by atoms with E-state index in [1.807, 2.05) is 26.2 Å². The van der Waals surface area contributed by atoms with Gasteiger partial charge in [-0.05, 0) is 114 Å². The fourth-order valence-electron chi connectivity index (χ4n) is 3.69. The molecule has 2 aliphatic rings.